The standard InChI is InChI=1S/C13H19N3OS/c1-9(16(2)3)8-15-13(17)11-6-4-5-10(7-11)12(14)18/h4-7,9H,8H2,1-3H3,(H2,14,18)(H,15,17). The second-order valence-electron chi connectivity index (χ2n) is 4.47. The first-order valence-corrected chi connectivity index (χ1v) is 6.17. The Morgan fingerprint density at radius 1 is 1.44 bits per heavy atom. The Balaban J connectivity index is 2.67. The molecule has 0 saturated heterocycles. The van der Waals surface area contributed by atoms with Crippen LogP contribution in [0.15, 0.2) is 24.3 Å². The highest BCUT2D eigenvalue weighted by Gasteiger charge is 2.09. The summed E-state index contributed by atoms with van der Waals surface area (Å²) in [5, 5.41) is 2.88. The van der Waals surface area contributed by atoms with Gasteiger partial charge in [-0.3, -0.25) is 4.79 Å². The van der Waals surface area contributed by atoms with Gasteiger partial charge in [-0.15, -0.1) is 0 Å². The molecule has 0 radical (unpaired) electrons. The van der Waals surface area contributed by atoms with Gasteiger partial charge < -0.3 is 16.0 Å². The van der Waals surface area contributed by atoms with Crippen LogP contribution in [0.25, 0.3) is 0 Å². The lowest BCUT2D eigenvalue weighted by Crippen LogP contribution is -2.38. The third kappa shape index (κ3) is 4.09. The maximum atomic E-state index is 11.9. The molecule has 0 aliphatic rings. The van der Waals surface area contributed by atoms with Crippen LogP contribution in [0.3, 0.4) is 0 Å². The largest absolute Gasteiger partial charge is 0.389 e. The number of carbonyl (C=O) groups excluding carboxylic acids is 1. The zero-order valence-corrected chi connectivity index (χ0v) is 11.8. The molecule has 98 valence electrons. The zero-order chi connectivity index (χ0) is 13.7. The third-order valence-corrected chi connectivity index (χ3v) is 3.08. The first-order valence-electron chi connectivity index (χ1n) is 5.76. The number of carbonyl (C=O) groups is 1. The highest BCUT2D eigenvalue weighted by Crippen LogP contribution is 2.05. The van der Waals surface area contributed by atoms with Crippen LogP contribution in [0, 0.1) is 0 Å². The lowest BCUT2D eigenvalue weighted by atomic mass is 10.1. The molecular weight excluding hydrogens is 246 g/mol. The molecule has 1 aromatic rings. The van der Waals surface area contributed by atoms with E-state index in [1.54, 1.807) is 24.3 Å². The van der Waals surface area contributed by atoms with Crippen LogP contribution in [0.5, 0.6) is 0 Å². The molecule has 4 nitrogen and oxygen atoms in total. The van der Waals surface area contributed by atoms with Crippen molar-refractivity contribution >= 4 is 23.1 Å². The number of nitrogens with two attached hydrogens (primary N) is 1. The number of rotatable bonds is 5. The van der Waals surface area contributed by atoms with Crippen molar-refractivity contribution in [3.05, 3.63) is 35.4 Å². The molecule has 0 heterocycles. The van der Waals surface area contributed by atoms with Gasteiger partial charge in [-0.25, -0.2) is 0 Å². The lowest BCUT2D eigenvalue weighted by molar-refractivity contribution is 0.0943. The fourth-order valence-electron chi connectivity index (χ4n) is 1.34. The van der Waals surface area contributed by atoms with Crippen molar-refractivity contribution in [2.45, 2.75) is 13.0 Å². The average Bonchev–Trinajstić information content (AvgIpc) is 2.35. The van der Waals surface area contributed by atoms with Gasteiger partial charge in [-0.1, -0.05) is 24.4 Å². The van der Waals surface area contributed by atoms with Crippen molar-refractivity contribution in [3.63, 3.8) is 0 Å². The molecule has 1 rings (SSSR count). The maximum absolute atomic E-state index is 11.9. The molecular formula is C13H19N3OS. The molecule has 1 unspecified atom stereocenters. The predicted molar refractivity (Wildman–Crippen MR) is 77.8 cm³/mol. The predicted octanol–water partition coefficient (Wildman–Crippen LogP) is 1.00. The molecule has 0 aromatic heterocycles. The molecule has 0 spiro atoms. The molecule has 0 saturated carbocycles. The van der Waals surface area contributed by atoms with Crippen LogP contribution in [0.4, 0.5) is 0 Å². The fraction of sp³-hybridized carbons (Fsp3) is 0.385. The number of hydrogen-bond acceptors (Lipinski definition) is 3. The Kier molecular flexibility index (Phi) is 5.25. The minimum absolute atomic E-state index is 0.109. The summed E-state index contributed by atoms with van der Waals surface area (Å²) in [5.74, 6) is -0.109. The summed E-state index contributed by atoms with van der Waals surface area (Å²) >= 11 is 4.89. The van der Waals surface area contributed by atoms with Gasteiger partial charge in [-0.05, 0) is 33.2 Å². The molecule has 3 N–H and O–H groups in total. The summed E-state index contributed by atoms with van der Waals surface area (Å²) in [7, 11) is 3.95. The highest BCUT2D eigenvalue weighted by atomic mass is 32.1. The summed E-state index contributed by atoms with van der Waals surface area (Å²) in [5.41, 5.74) is 6.82. The Bertz CT molecular complexity index is 446. The normalized spacial score (nSPS) is 12.2. The number of thiocarbonyl (C=S) groups is 1. The minimum Gasteiger partial charge on any atom is -0.389 e. The Morgan fingerprint density at radius 3 is 2.61 bits per heavy atom. The fourth-order valence-corrected chi connectivity index (χ4v) is 1.47. The maximum Gasteiger partial charge on any atom is 0.251 e. The topological polar surface area (TPSA) is 58.4 Å². The number of hydrogen-bond donors (Lipinski definition) is 2. The molecule has 1 aromatic carbocycles. The lowest BCUT2D eigenvalue weighted by Gasteiger charge is -2.20. The Hall–Kier alpha value is -1.46. The van der Waals surface area contributed by atoms with Gasteiger partial charge in [0.25, 0.3) is 5.91 Å². The molecule has 1 amide bonds. The summed E-state index contributed by atoms with van der Waals surface area (Å²) in [6, 6.07) is 7.31. The third-order valence-electron chi connectivity index (χ3n) is 2.85. The quantitative estimate of drug-likeness (QED) is 0.780. The second kappa shape index (κ2) is 6.47. The van der Waals surface area contributed by atoms with E-state index in [2.05, 4.69) is 5.32 Å². The molecule has 0 aliphatic carbocycles. The minimum atomic E-state index is -0.109. The smallest absolute Gasteiger partial charge is 0.251 e. The number of nitrogens with zero attached hydrogens (tertiary/aromatic N) is 1. The molecule has 18 heavy (non-hydrogen) atoms. The molecule has 0 fully saturated rings. The van der Waals surface area contributed by atoms with Gasteiger partial charge in [-0.2, -0.15) is 0 Å². The summed E-state index contributed by atoms with van der Waals surface area (Å²) in [4.78, 5) is 14.3. The van der Waals surface area contributed by atoms with Gasteiger partial charge in [0, 0.05) is 23.7 Å². The summed E-state index contributed by atoms with van der Waals surface area (Å²) in [6.45, 7) is 2.65. The van der Waals surface area contributed by atoms with E-state index in [0.717, 1.165) is 0 Å². The van der Waals surface area contributed by atoms with Crippen LogP contribution in [0.1, 0.15) is 22.8 Å². The first kappa shape index (κ1) is 14.6. The number of benzene rings is 1. The van der Waals surface area contributed by atoms with E-state index < -0.39 is 0 Å². The van der Waals surface area contributed by atoms with Crippen molar-refractivity contribution in [1.29, 1.82) is 0 Å². The summed E-state index contributed by atoms with van der Waals surface area (Å²) in [6.07, 6.45) is 0. The van der Waals surface area contributed by atoms with Crippen molar-refractivity contribution in [2.24, 2.45) is 5.73 Å². The van der Waals surface area contributed by atoms with Crippen LogP contribution >= 0.6 is 12.2 Å². The molecule has 0 aliphatic heterocycles. The zero-order valence-electron chi connectivity index (χ0n) is 10.9. The van der Waals surface area contributed by atoms with Gasteiger partial charge in [0.1, 0.15) is 4.99 Å². The number of likely N-dealkylation sites (N-methyl/N-ethyl adjacent to an activating group) is 1. The van der Waals surface area contributed by atoms with E-state index >= 15 is 0 Å². The molecule has 5 heteroatoms. The van der Waals surface area contributed by atoms with Gasteiger partial charge in [0.2, 0.25) is 0 Å². The molecule has 0 bridgehead atoms. The highest BCUT2D eigenvalue weighted by molar-refractivity contribution is 7.80. The average molecular weight is 265 g/mol. The Labute approximate surface area is 113 Å². The van der Waals surface area contributed by atoms with Gasteiger partial charge >= 0.3 is 0 Å². The van der Waals surface area contributed by atoms with E-state index in [-0.39, 0.29) is 11.9 Å². The van der Waals surface area contributed by atoms with Crippen molar-refractivity contribution < 1.29 is 4.79 Å². The van der Waals surface area contributed by atoms with Crippen molar-refractivity contribution in [1.82, 2.24) is 10.2 Å². The monoisotopic (exact) mass is 265 g/mol. The van der Waals surface area contributed by atoms with Crippen LogP contribution < -0.4 is 11.1 Å². The SMILES string of the molecule is CC(CNC(=O)c1cccc(C(N)=S)c1)N(C)C. The van der Waals surface area contributed by atoms with Gasteiger partial charge in [0.05, 0.1) is 0 Å². The van der Waals surface area contributed by atoms with Crippen molar-refractivity contribution in [3.8, 4) is 0 Å². The van der Waals surface area contributed by atoms with Crippen LogP contribution in [-0.2, 0) is 0 Å². The second-order valence-corrected chi connectivity index (χ2v) is 4.91. The molecule has 1 atom stereocenters. The van der Waals surface area contributed by atoms with E-state index in [4.69, 9.17) is 18.0 Å². The van der Waals surface area contributed by atoms with Crippen LogP contribution in [0.2, 0.25) is 0 Å². The van der Waals surface area contributed by atoms with Crippen LogP contribution in [-0.4, -0.2) is 42.5 Å². The number of nitrogens with one attached hydrogen (secondary N) is 1. The summed E-state index contributed by atoms with van der Waals surface area (Å²) < 4.78 is 0. The Morgan fingerprint density at radius 2 is 2.06 bits per heavy atom. The van der Waals surface area contributed by atoms with Crippen molar-refractivity contribution in [2.75, 3.05) is 20.6 Å². The van der Waals surface area contributed by atoms with E-state index in [0.29, 0.717) is 22.7 Å². The van der Waals surface area contributed by atoms with E-state index in [1.807, 2.05) is 25.9 Å². The van der Waals surface area contributed by atoms with Gasteiger partial charge in [0.15, 0.2) is 0 Å². The van der Waals surface area contributed by atoms with E-state index in [1.165, 1.54) is 0 Å². The number of amides is 1. The first-order chi connectivity index (χ1) is 8.41. The van der Waals surface area contributed by atoms with E-state index in [9.17, 15) is 4.79 Å².